The smallest absolute Gasteiger partial charge is 0.300 e. The van der Waals surface area contributed by atoms with E-state index in [4.69, 9.17) is 21.1 Å². The fraction of sp³-hybridized carbons (Fsp3) is 0.185. The molecular weight excluding hydrogens is 454 g/mol. The highest BCUT2D eigenvalue weighted by atomic mass is 35.5. The van der Waals surface area contributed by atoms with Gasteiger partial charge >= 0.3 is 0 Å². The number of aliphatic hydroxyl groups excluding tert-OH is 1. The van der Waals surface area contributed by atoms with Crippen LogP contribution in [0.5, 0.6) is 11.5 Å². The summed E-state index contributed by atoms with van der Waals surface area (Å²) in [5.41, 5.74) is 2.39. The van der Waals surface area contributed by atoms with E-state index in [9.17, 15) is 14.7 Å². The summed E-state index contributed by atoms with van der Waals surface area (Å²) in [6, 6.07) is 18.3. The molecule has 1 amide bonds. The third kappa shape index (κ3) is 4.13. The van der Waals surface area contributed by atoms with Crippen LogP contribution in [-0.4, -0.2) is 30.5 Å². The van der Waals surface area contributed by atoms with E-state index in [0.29, 0.717) is 39.9 Å². The lowest BCUT2D eigenvalue weighted by Crippen LogP contribution is -2.30. The highest BCUT2D eigenvalue weighted by Gasteiger charge is 2.47. The van der Waals surface area contributed by atoms with Crippen molar-refractivity contribution in [2.75, 3.05) is 18.6 Å². The molecule has 0 aromatic heterocycles. The number of Topliss-reactive ketones (excluding diaryl/α,β-unsaturated/α-hetero) is 1. The first-order valence-electron chi connectivity index (χ1n) is 10.8. The molecule has 3 aromatic rings. The summed E-state index contributed by atoms with van der Waals surface area (Å²) in [6.07, 6.45) is 0. The van der Waals surface area contributed by atoms with Gasteiger partial charge in [-0.25, -0.2) is 0 Å². The second-order valence-electron chi connectivity index (χ2n) is 7.81. The number of rotatable bonds is 6. The summed E-state index contributed by atoms with van der Waals surface area (Å²) in [4.78, 5) is 28.0. The van der Waals surface area contributed by atoms with Gasteiger partial charge in [0.2, 0.25) is 0 Å². The summed E-state index contributed by atoms with van der Waals surface area (Å²) in [6.45, 7) is 4.27. The van der Waals surface area contributed by atoms with Crippen molar-refractivity contribution in [3.8, 4) is 11.5 Å². The monoisotopic (exact) mass is 477 g/mol. The second-order valence-corrected chi connectivity index (χ2v) is 8.21. The van der Waals surface area contributed by atoms with Gasteiger partial charge in [-0.2, -0.15) is 0 Å². The van der Waals surface area contributed by atoms with E-state index in [0.717, 1.165) is 5.56 Å². The largest absolute Gasteiger partial charge is 0.507 e. The summed E-state index contributed by atoms with van der Waals surface area (Å²) in [7, 11) is 1.46. The van der Waals surface area contributed by atoms with Crippen molar-refractivity contribution in [2.45, 2.75) is 19.9 Å². The second kappa shape index (κ2) is 9.61. The number of amides is 1. The normalized spacial score (nSPS) is 17.2. The van der Waals surface area contributed by atoms with Crippen LogP contribution < -0.4 is 14.4 Å². The van der Waals surface area contributed by atoms with Crippen molar-refractivity contribution in [3.63, 3.8) is 0 Å². The van der Waals surface area contributed by atoms with Crippen LogP contribution in [0, 0.1) is 6.92 Å². The Kier molecular flexibility index (Phi) is 6.61. The molecule has 1 atom stereocenters. The van der Waals surface area contributed by atoms with Gasteiger partial charge in [-0.05, 0) is 61.4 Å². The van der Waals surface area contributed by atoms with Crippen molar-refractivity contribution >= 4 is 34.7 Å². The number of aliphatic hydroxyl groups is 1. The Labute approximate surface area is 203 Å². The van der Waals surface area contributed by atoms with Gasteiger partial charge in [0, 0.05) is 11.3 Å². The molecule has 0 saturated carbocycles. The quantitative estimate of drug-likeness (QED) is 0.281. The number of nitrogens with zero attached hydrogens (tertiary/aromatic N) is 1. The van der Waals surface area contributed by atoms with Crippen LogP contribution in [0.4, 0.5) is 5.69 Å². The minimum Gasteiger partial charge on any atom is -0.507 e. The number of benzene rings is 3. The van der Waals surface area contributed by atoms with Gasteiger partial charge in [0.05, 0.1) is 30.4 Å². The molecule has 7 heteroatoms. The van der Waals surface area contributed by atoms with Crippen molar-refractivity contribution in [1.29, 1.82) is 0 Å². The van der Waals surface area contributed by atoms with Crippen molar-refractivity contribution in [2.24, 2.45) is 0 Å². The number of ether oxygens (including phenoxy) is 2. The predicted molar refractivity (Wildman–Crippen MR) is 132 cm³/mol. The topological polar surface area (TPSA) is 76.1 Å². The van der Waals surface area contributed by atoms with Gasteiger partial charge in [-0.15, -0.1) is 0 Å². The summed E-state index contributed by atoms with van der Waals surface area (Å²) in [5.74, 6) is -0.773. The average Bonchev–Trinajstić information content (AvgIpc) is 3.10. The molecule has 1 aliphatic heterocycles. The maximum absolute atomic E-state index is 13.3. The number of methoxy groups -OCH3 is 1. The Hall–Kier alpha value is -3.77. The molecule has 1 N–H and O–H groups in total. The molecule has 0 bridgehead atoms. The molecule has 0 radical (unpaired) electrons. The number of carbonyl (C=O) groups excluding carboxylic acids is 2. The Bertz CT molecular complexity index is 1280. The van der Waals surface area contributed by atoms with Crippen LogP contribution in [0.1, 0.15) is 29.7 Å². The van der Waals surface area contributed by atoms with Gasteiger partial charge < -0.3 is 14.6 Å². The number of halogens is 1. The zero-order valence-electron chi connectivity index (χ0n) is 19.0. The van der Waals surface area contributed by atoms with Crippen molar-refractivity contribution in [1.82, 2.24) is 0 Å². The molecule has 1 saturated heterocycles. The van der Waals surface area contributed by atoms with E-state index in [-0.39, 0.29) is 11.3 Å². The Morgan fingerprint density at radius 3 is 2.41 bits per heavy atom. The fourth-order valence-corrected chi connectivity index (χ4v) is 4.30. The third-order valence-corrected chi connectivity index (χ3v) is 6.06. The number of anilines is 1. The highest BCUT2D eigenvalue weighted by molar-refractivity contribution is 6.51. The van der Waals surface area contributed by atoms with E-state index in [2.05, 4.69) is 0 Å². The van der Waals surface area contributed by atoms with Crippen LogP contribution >= 0.6 is 11.6 Å². The van der Waals surface area contributed by atoms with Crippen LogP contribution in [-0.2, 0) is 9.59 Å². The van der Waals surface area contributed by atoms with E-state index in [1.165, 1.54) is 18.1 Å². The minimum absolute atomic E-state index is 0.0122. The summed E-state index contributed by atoms with van der Waals surface area (Å²) >= 11 is 6.13. The Morgan fingerprint density at radius 1 is 1.06 bits per heavy atom. The highest BCUT2D eigenvalue weighted by Crippen LogP contribution is 2.43. The lowest BCUT2D eigenvalue weighted by Gasteiger charge is -2.27. The molecule has 174 valence electrons. The molecular formula is C27H24ClNO5. The van der Waals surface area contributed by atoms with E-state index in [1.807, 2.05) is 26.0 Å². The molecule has 4 rings (SSSR count). The van der Waals surface area contributed by atoms with Crippen LogP contribution in [0.3, 0.4) is 0 Å². The lowest BCUT2D eigenvalue weighted by atomic mass is 9.94. The molecule has 1 fully saturated rings. The first-order valence-corrected chi connectivity index (χ1v) is 11.2. The Balaban J connectivity index is 1.93. The minimum atomic E-state index is -0.835. The lowest BCUT2D eigenvalue weighted by molar-refractivity contribution is -0.132. The molecule has 1 unspecified atom stereocenters. The van der Waals surface area contributed by atoms with Gasteiger partial charge in [0.15, 0.2) is 0 Å². The maximum atomic E-state index is 13.3. The zero-order chi connectivity index (χ0) is 24.4. The van der Waals surface area contributed by atoms with Gasteiger partial charge in [0.1, 0.15) is 17.3 Å². The van der Waals surface area contributed by atoms with Crippen molar-refractivity contribution in [3.05, 3.63) is 94.0 Å². The van der Waals surface area contributed by atoms with Crippen LogP contribution in [0.15, 0.2) is 72.3 Å². The number of para-hydroxylation sites is 1. The number of ketones is 1. The molecule has 0 aliphatic carbocycles. The van der Waals surface area contributed by atoms with Gasteiger partial charge in [0.25, 0.3) is 11.7 Å². The number of hydrogen-bond donors (Lipinski definition) is 1. The van der Waals surface area contributed by atoms with E-state index >= 15 is 0 Å². The zero-order valence-corrected chi connectivity index (χ0v) is 19.8. The standard InChI is InChI=1S/C27H24ClNO5/c1-4-34-19-12-9-17(10-13-19)24-23(25(30)18-11-14-20(28)22(15-18)33-3)26(31)27(32)29(24)21-8-6-5-7-16(21)2/h5-15,24,30H,4H2,1-3H3/b25-23-. The first kappa shape index (κ1) is 23.4. The molecule has 3 aromatic carbocycles. The molecule has 0 spiro atoms. The summed E-state index contributed by atoms with van der Waals surface area (Å²) in [5, 5.41) is 11.6. The maximum Gasteiger partial charge on any atom is 0.300 e. The number of aryl methyl sites for hydroxylation is 1. The summed E-state index contributed by atoms with van der Waals surface area (Å²) < 4.78 is 10.8. The SMILES string of the molecule is CCOc1ccc(C2/C(=C(/O)c3ccc(Cl)c(OC)c3)C(=O)C(=O)N2c2ccccc2C)cc1. The Morgan fingerprint density at radius 2 is 1.76 bits per heavy atom. The fourth-order valence-electron chi connectivity index (χ4n) is 4.11. The molecule has 1 heterocycles. The molecule has 6 nitrogen and oxygen atoms in total. The molecule has 1 aliphatic rings. The molecule has 34 heavy (non-hydrogen) atoms. The third-order valence-electron chi connectivity index (χ3n) is 5.75. The van der Waals surface area contributed by atoms with Crippen molar-refractivity contribution < 1.29 is 24.2 Å². The predicted octanol–water partition coefficient (Wildman–Crippen LogP) is 5.68. The first-order chi connectivity index (χ1) is 16.4. The number of hydrogen-bond acceptors (Lipinski definition) is 5. The average molecular weight is 478 g/mol. The van der Waals surface area contributed by atoms with Gasteiger partial charge in [-0.1, -0.05) is 41.9 Å². The van der Waals surface area contributed by atoms with Crippen LogP contribution in [0.2, 0.25) is 5.02 Å². The number of carbonyl (C=O) groups is 2. The van der Waals surface area contributed by atoms with Crippen LogP contribution in [0.25, 0.3) is 5.76 Å². The van der Waals surface area contributed by atoms with Gasteiger partial charge in [-0.3, -0.25) is 14.5 Å². The van der Waals surface area contributed by atoms with E-state index in [1.54, 1.807) is 48.5 Å². The van der Waals surface area contributed by atoms with E-state index < -0.39 is 17.7 Å².